The summed E-state index contributed by atoms with van der Waals surface area (Å²) in [5.41, 5.74) is 3.04. The predicted molar refractivity (Wildman–Crippen MR) is 121 cm³/mol. The normalized spacial score (nSPS) is 27.4. The molecule has 4 unspecified atom stereocenters. The Labute approximate surface area is 188 Å². The van der Waals surface area contributed by atoms with Gasteiger partial charge < -0.3 is 5.11 Å². The fraction of sp³-hybridized carbons (Fsp3) is 0.440. The van der Waals surface area contributed by atoms with Crippen LogP contribution in [0.25, 0.3) is 11.1 Å². The van der Waals surface area contributed by atoms with Crippen molar-refractivity contribution in [3.8, 4) is 11.1 Å². The average molecular weight is 454 g/mol. The minimum Gasteiger partial charge on any atom is -0.395 e. The molecule has 5 rings (SSSR count). The number of aliphatic hydroxyl groups excluding tert-OH is 1. The van der Waals surface area contributed by atoms with Gasteiger partial charge in [-0.15, -0.1) is 0 Å². The zero-order chi connectivity index (χ0) is 22.6. The molecule has 1 aromatic heterocycles. The van der Waals surface area contributed by atoms with Gasteiger partial charge in [0.1, 0.15) is 0 Å². The Morgan fingerprint density at radius 3 is 2.56 bits per heavy atom. The van der Waals surface area contributed by atoms with Crippen LogP contribution in [0, 0.1) is 17.8 Å². The van der Waals surface area contributed by atoms with Gasteiger partial charge in [0.05, 0.1) is 17.9 Å². The van der Waals surface area contributed by atoms with Crippen LogP contribution in [-0.2, 0) is 14.8 Å². The average Bonchev–Trinajstić information content (AvgIpc) is 3.20. The monoisotopic (exact) mass is 453 g/mol. The molecule has 1 aromatic carbocycles. The number of allylic oxidation sites excluding steroid dienone is 2. The van der Waals surface area contributed by atoms with Gasteiger partial charge in [-0.25, -0.2) is 12.4 Å². The first-order valence-electron chi connectivity index (χ1n) is 11.3. The third-order valence-corrected chi connectivity index (χ3v) is 9.07. The maximum Gasteiger partial charge on any atom is 0.240 e. The van der Waals surface area contributed by atoms with Crippen molar-refractivity contribution in [3.05, 3.63) is 59.4 Å². The third kappa shape index (κ3) is 3.13. The van der Waals surface area contributed by atoms with Crippen molar-refractivity contribution in [1.82, 2.24) is 3.97 Å². The van der Waals surface area contributed by atoms with E-state index in [0.717, 1.165) is 19.3 Å². The molecule has 32 heavy (non-hydrogen) atoms. The topological polar surface area (TPSA) is 93.4 Å². The Morgan fingerprint density at radius 2 is 1.84 bits per heavy atom. The highest BCUT2D eigenvalue weighted by Crippen LogP contribution is 2.53. The summed E-state index contributed by atoms with van der Waals surface area (Å²) in [6.45, 7) is 1.65. The number of hydrogen-bond acceptors (Lipinski definition) is 5. The number of aromatic nitrogens is 1. The molecule has 168 valence electrons. The number of hydrogen-bond donors (Lipinski definition) is 1. The molecule has 0 spiro atoms. The maximum atomic E-state index is 13.5. The van der Waals surface area contributed by atoms with Crippen molar-refractivity contribution in [1.29, 1.82) is 0 Å². The lowest BCUT2D eigenvalue weighted by atomic mass is 9.59. The van der Waals surface area contributed by atoms with E-state index < -0.39 is 34.1 Å². The first kappa shape index (κ1) is 21.3. The van der Waals surface area contributed by atoms with Gasteiger partial charge in [0.25, 0.3) is 0 Å². The Bertz CT molecular complexity index is 1220. The zero-order valence-corrected chi connectivity index (χ0v) is 18.8. The molecule has 0 bridgehead atoms. The molecule has 1 N–H and O–H groups in total. The highest BCUT2D eigenvalue weighted by atomic mass is 32.2. The molecule has 2 aromatic rings. The molecule has 1 saturated carbocycles. The first-order chi connectivity index (χ1) is 15.3. The van der Waals surface area contributed by atoms with Gasteiger partial charge in [-0.05, 0) is 36.7 Å². The molecular weight excluding hydrogens is 426 g/mol. The number of aliphatic hydroxyl groups is 1. The number of carbonyl (C=O) groups is 2. The fourth-order valence-electron chi connectivity index (χ4n) is 6.06. The van der Waals surface area contributed by atoms with Gasteiger partial charge in [-0.2, -0.15) is 0 Å². The lowest BCUT2D eigenvalue weighted by Crippen LogP contribution is -2.44. The predicted octanol–water partition coefficient (Wildman–Crippen LogP) is 3.56. The van der Waals surface area contributed by atoms with Crippen molar-refractivity contribution in [2.75, 3.05) is 12.4 Å². The quantitative estimate of drug-likeness (QED) is 0.564. The lowest BCUT2D eigenvalue weighted by Gasteiger charge is -2.44. The zero-order valence-electron chi connectivity index (χ0n) is 18.0. The van der Waals surface area contributed by atoms with Crippen LogP contribution >= 0.6 is 0 Å². The lowest BCUT2D eigenvalue weighted by molar-refractivity contribution is -0.121. The van der Waals surface area contributed by atoms with Crippen LogP contribution < -0.4 is 0 Å². The van der Waals surface area contributed by atoms with Gasteiger partial charge in [-0.3, -0.25) is 9.59 Å². The van der Waals surface area contributed by atoms with Crippen LogP contribution in [0.5, 0.6) is 0 Å². The van der Waals surface area contributed by atoms with Crippen LogP contribution in [0.2, 0.25) is 0 Å². The second kappa shape index (κ2) is 7.81. The van der Waals surface area contributed by atoms with E-state index in [-0.39, 0.29) is 23.2 Å². The number of nitrogens with zero attached hydrogens (tertiary/aromatic N) is 1. The number of rotatable bonds is 4. The molecule has 3 aliphatic rings. The Kier molecular flexibility index (Phi) is 5.21. The number of ketones is 2. The molecule has 0 saturated heterocycles. The third-order valence-electron chi connectivity index (χ3n) is 7.47. The van der Waals surface area contributed by atoms with Gasteiger partial charge >= 0.3 is 0 Å². The summed E-state index contributed by atoms with van der Waals surface area (Å²) in [6.07, 6.45) is 7.12. The Morgan fingerprint density at radius 1 is 1.09 bits per heavy atom. The van der Waals surface area contributed by atoms with E-state index in [4.69, 9.17) is 0 Å². The highest BCUT2D eigenvalue weighted by Gasteiger charge is 2.51. The fourth-order valence-corrected chi connectivity index (χ4v) is 7.28. The number of Topliss-reactive ketones (excluding diaryl/α,β-unsaturated/α-hetero) is 2. The molecule has 0 radical (unpaired) electrons. The smallest absolute Gasteiger partial charge is 0.240 e. The second-order valence-corrected chi connectivity index (χ2v) is 11.2. The van der Waals surface area contributed by atoms with Crippen LogP contribution in [0.1, 0.15) is 54.6 Å². The minimum absolute atomic E-state index is 0.00817. The van der Waals surface area contributed by atoms with E-state index >= 15 is 0 Å². The number of benzene rings is 1. The van der Waals surface area contributed by atoms with Gasteiger partial charge in [0.15, 0.2) is 0 Å². The molecule has 3 aliphatic carbocycles. The van der Waals surface area contributed by atoms with E-state index in [0.29, 0.717) is 29.2 Å². The summed E-state index contributed by atoms with van der Waals surface area (Å²) in [5.74, 6) is -1.92. The van der Waals surface area contributed by atoms with Gasteiger partial charge in [0.2, 0.25) is 21.6 Å². The van der Waals surface area contributed by atoms with Crippen molar-refractivity contribution < 1.29 is 23.1 Å². The van der Waals surface area contributed by atoms with E-state index in [1.54, 1.807) is 0 Å². The molecule has 6 nitrogen and oxygen atoms in total. The summed E-state index contributed by atoms with van der Waals surface area (Å²) < 4.78 is 27.5. The van der Waals surface area contributed by atoms with Crippen LogP contribution in [-0.4, -0.2) is 41.4 Å². The maximum absolute atomic E-state index is 13.5. The van der Waals surface area contributed by atoms with Crippen LogP contribution in [0.3, 0.4) is 0 Å². The van der Waals surface area contributed by atoms with E-state index in [1.165, 1.54) is 15.7 Å². The van der Waals surface area contributed by atoms with Gasteiger partial charge in [-0.1, -0.05) is 55.3 Å². The van der Waals surface area contributed by atoms with Gasteiger partial charge in [0, 0.05) is 29.3 Å². The SMILES string of the molecule is CC1CCCC2C1=CCC1c3c(c(-c4ccccc4)cn3S(=O)(=O)CCO)C(=O)C(=O)C21. The molecule has 1 heterocycles. The number of fused-ring (bicyclic) bond motifs is 5. The summed E-state index contributed by atoms with van der Waals surface area (Å²) in [6, 6.07) is 9.10. The second-order valence-electron chi connectivity index (χ2n) is 9.21. The van der Waals surface area contributed by atoms with Crippen molar-refractivity contribution >= 4 is 21.6 Å². The number of carbonyl (C=O) groups excluding carboxylic acids is 2. The molecule has 4 atom stereocenters. The van der Waals surface area contributed by atoms with Crippen LogP contribution in [0.15, 0.2) is 48.2 Å². The molecule has 1 fully saturated rings. The van der Waals surface area contributed by atoms with Crippen molar-refractivity contribution in [2.24, 2.45) is 17.8 Å². The standard InChI is InChI=1S/C25H27NO5S/c1-15-6-5-9-18-17(15)10-11-19-21(18)24(28)25(29)22-20(16-7-3-2-4-8-16)14-26(23(19)22)32(30,31)13-12-27/h2-4,7-8,10,14-15,18-19,21,27H,5-6,9,11-13H2,1H3. The molecule has 7 heteroatoms. The Balaban J connectivity index is 1.76. The summed E-state index contributed by atoms with van der Waals surface area (Å²) in [7, 11) is -3.89. The van der Waals surface area contributed by atoms with E-state index in [9.17, 15) is 23.1 Å². The molecular formula is C25H27NO5S. The van der Waals surface area contributed by atoms with E-state index in [2.05, 4.69) is 13.0 Å². The molecule has 0 amide bonds. The summed E-state index contributed by atoms with van der Waals surface area (Å²) in [5, 5.41) is 9.38. The largest absolute Gasteiger partial charge is 0.395 e. The van der Waals surface area contributed by atoms with Crippen molar-refractivity contribution in [2.45, 2.75) is 38.5 Å². The first-order valence-corrected chi connectivity index (χ1v) is 12.9. The summed E-state index contributed by atoms with van der Waals surface area (Å²) >= 11 is 0. The van der Waals surface area contributed by atoms with E-state index in [1.807, 2.05) is 30.3 Å². The highest BCUT2D eigenvalue weighted by molar-refractivity contribution is 7.89. The Hall–Kier alpha value is -2.51. The summed E-state index contributed by atoms with van der Waals surface area (Å²) in [4.78, 5) is 27.0. The van der Waals surface area contributed by atoms with Crippen LogP contribution in [0.4, 0.5) is 0 Å². The molecule has 0 aliphatic heterocycles. The van der Waals surface area contributed by atoms with Crippen molar-refractivity contribution in [3.63, 3.8) is 0 Å². The minimum atomic E-state index is -3.89.